The van der Waals surface area contributed by atoms with E-state index >= 15 is 0 Å². The average molecular weight is 394 g/mol. The van der Waals surface area contributed by atoms with Crippen LogP contribution in [0.1, 0.15) is 28.8 Å². The number of rotatable bonds is 6. The van der Waals surface area contributed by atoms with E-state index in [-0.39, 0.29) is 17.0 Å². The zero-order valence-electron chi connectivity index (χ0n) is 14.6. The summed E-state index contributed by atoms with van der Waals surface area (Å²) < 4.78 is 53.1. The Bertz CT molecular complexity index is 924. The van der Waals surface area contributed by atoms with Gasteiger partial charge in [0.2, 0.25) is 10.0 Å². The van der Waals surface area contributed by atoms with Crippen LogP contribution in [0, 0.1) is 11.6 Å². The Kier molecular flexibility index (Phi) is 5.86. The van der Waals surface area contributed by atoms with Gasteiger partial charge < -0.3 is 5.32 Å². The fraction of sp³-hybridized carbons (Fsp3) is 0.316. The number of hydrogen-bond donors (Lipinski definition) is 1. The maximum Gasteiger partial charge on any atom is 0.254 e. The molecule has 1 aliphatic heterocycles. The minimum atomic E-state index is -3.45. The molecule has 0 unspecified atom stereocenters. The number of sulfonamides is 1. The molecule has 0 radical (unpaired) electrons. The van der Waals surface area contributed by atoms with Crippen LogP contribution >= 0.6 is 0 Å². The van der Waals surface area contributed by atoms with E-state index in [9.17, 15) is 22.0 Å². The van der Waals surface area contributed by atoms with Crippen LogP contribution in [-0.4, -0.2) is 38.3 Å². The summed E-state index contributed by atoms with van der Waals surface area (Å²) in [7, 11) is -3.45. The van der Waals surface area contributed by atoms with Crippen molar-refractivity contribution in [2.75, 3.05) is 19.6 Å². The van der Waals surface area contributed by atoms with Gasteiger partial charge in [0.05, 0.1) is 10.5 Å². The number of carbonyl (C=O) groups is 1. The Labute approximate surface area is 157 Å². The molecule has 1 N–H and O–H groups in total. The second-order valence-corrected chi connectivity index (χ2v) is 8.32. The number of nitrogens with zero attached hydrogens (tertiary/aromatic N) is 1. The summed E-state index contributed by atoms with van der Waals surface area (Å²) in [5.41, 5.74) is 0.484. The van der Waals surface area contributed by atoms with Crippen molar-refractivity contribution >= 4 is 15.9 Å². The Balaban J connectivity index is 1.57. The van der Waals surface area contributed by atoms with Gasteiger partial charge in [-0.05, 0) is 55.2 Å². The smallest absolute Gasteiger partial charge is 0.254 e. The standard InChI is InChI=1S/C19H20F2N2O3S/c20-15-5-8-18(21)17(13-15)19(24)22-10-9-14-3-6-16(7-4-14)27(25,26)23-11-1-2-12-23/h3-8,13H,1-2,9-12H2,(H,22,24). The van der Waals surface area contributed by atoms with Crippen LogP contribution < -0.4 is 5.32 Å². The van der Waals surface area contributed by atoms with E-state index in [4.69, 9.17) is 0 Å². The van der Waals surface area contributed by atoms with E-state index in [0.29, 0.717) is 19.5 Å². The second kappa shape index (κ2) is 8.14. The highest BCUT2D eigenvalue weighted by Gasteiger charge is 2.26. The summed E-state index contributed by atoms with van der Waals surface area (Å²) in [5.74, 6) is -2.16. The first kappa shape index (κ1) is 19.4. The zero-order valence-corrected chi connectivity index (χ0v) is 15.4. The van der Waals surface area contributed by atoms with Crippen LogP contribution in [-0.2, 0) is 16.4 Å². The quantitative estimate of drug-likeness (QED) is 0.819. The van der Waals surface area contributed by atoms with Crippen LogP contribution in [0.3, 0.4) is 0 Å². The number of amides is 1. The minimum Gasteiger partial charge on any atom is -0.352 e. The van der Waals surface area contributed by atoms with Crippen LogP contribution in [0.5, 0.6) is 0 Å². The first-order valence-electron chi connectivity index (χ1n) is 8.70. The fourth-order valence-electron chi connectivity index (χ4n) is 2.99. The lowest BCUT2D eigenvalue weighted by atomic mass is 10.1. The van der Waals surface area contributed by atoms with E-state index in [1.807, 2.05) is 0 Å². The maximum absolute atomic E-state index is 13.6. The summed E-state index contributed by atoms with van der Waals surface area (Å²) in [6.45, 7) is 1.31. The highest BCUT2D eigenvalue weighted by molar-refractivity contribution is 7.89. The molecule has 144 valence electrons. The SMILES string of the molecule is O=C(NCCc1ccc(S(=O)(=O)N2CCCC2)cc1)c1cc(F)ccc1F. The molecule has 0 aliphatic carbocycles. The van der Waals surface area contributed by atoms with Gasteiger partial charge in [-0.25, -0.2) is 17.2 Å². The number of carbonyl (C=O) groups excluding carboxylic acids is 1. The monoisotopic (exact) mass is 394 g/mol. The Morgan fingerprint density at radius 2 is 1.70 bits per heavy atom. The van der Waals surface area contributed by atoms with Crippen molar-refractivity contribution in [3.05, 3.63) is 65.2 Å². The van der Waals surface area contributed by atoms with Crippen LogP contribution in [0.2, 0.25) is 0 Å². The third kappa shape index (κ3) is 4.51. The van der Waals surface area contributed by atoms with E-state index < -0.39 is 27.6 Å². The number of halogens is 2. The van der Waals surface area contributed by atoms with Crippen molar-refractivity contribution in [3.8, 4) is 0 Å². The molecule has 1 heterocycles. The first-order chi connectivity index (χ1) is 12.9. The van der Waals surface area contributed by atoms with Gasteiger partial charge in [-0.15, -0.1) is 0 Å². The van der Waals surface area contributed by atoms with E-state index in [2.05, 4.69) is 5.32 Å². The molecule has 0 atom stereocenters. The van der Waals surface area contributed by atoms with Crippen LogP contribution in [0.4, 0.5) is 8.78 Å². The molecule has 3 rings (SSSR count). The Morgan fingerprint density at radius 1 is 1.04 bits per heavy atom. The molecular weight excluding hydrogens is 374 g/mol. The predicted molar refractivity (Wildman–Crippen MR) is 96.8 cm³/mol. The molecule has 0 spiro atoms. The van der Waals surface area contributed by atoms with Gasteiger partial charge in [-0.1, -0.05) is 12.1 Å². The summed E-state index contributed by atoms with van der Waals surface area (Å²) in [6, 6.07) is 9.19. The van der Waals surface area contributed by atoms with Crippen LogP contribution in [0.25, 0.3) is 0 Å². The maximum atomic E-state index is 13.6. The normalized spacial score (nSPS) is 15.0. The van der Waals surface area contributed by atoms with Crippen molar-refractivity contribution in [2.45, 2.75) is 24.2 Å². The Hall–Kier alpha value is -2.32. The summed E-state index contributed by atoms with van der Waals surface area (Å²) in [5, 5.41) is 2.53. The predicted octanol–water partition coefficient (Wildman–Crippen LogP) is 2.72. The van der Waals surface area contributed by atoms with Gasteiger partial charge in [-0.3, -0.25) is 4.79 Å². The highest BCUT2D eigenvalue weighted by atomic mass is 32.2. The third-order valence-corrected chi connectivity index (χ3v) is 6.41. The van der Waals surface area contributed by atoms with Crippen molar-refractivity contribution in [3.63, 3.8) is 0 Å². The number of nitrogens with one attached hydrogen (secondary N) is 1. The van der Waals surface area contributed by atoms with E-state index in [1.54, 1.807) is 24.3 Å². The molecule has 2 aromatic carbocycles. The molecule has 1 fully saturated rings. The lowest BCUT2D eigenvalue weighted by molar-refractivity contribution is 0.0949. The zero-order chi connectivity index (χ0) is 19.4. The molecule has 27 heavy (non-hydrogen) atoms. The molecule has 5 nitrogen and oxygen atoms in total. The molecule has 1 saturated heterocycles. The molecule has 0 aromatic heterocycles. The van der Waals surface area contributed by atoms with Gasteiger partial charge >= 0.3 is 0 Å². The number of hydrogen-bond acceptors (Lipinski definition) is 3. The van der Waals surface area contributed by atoms with E-state index in [0.717, 1.165) is 36.6 Å². The molecule has 1 amide bonds. The largest absolute Gasteiger partial charge is 0.352 e. The van der Waals surface area contributed by atoms with Crippen molar-refractivity contribution in [2.24, 2.45) is 0 Å². The van der Waals surface area contributed by atoms with Gasteiger partial charge in [0.25, 0.3) is 5.91 Å². The van der Waals surface area contributed by atoms with Crippen LogP contribution in [0.15, 0.2) is 47.4 Å². The van der Waals surface area contributed by atoms with Gasteiger partial charge in [0, 0.05) is 19.6 Å². The third-order valence-electron chi connectivity index (χ3n) is 4.50. The summed E-state index contributed by atoms with van der Waals surface area (Å²) in [4.78, 5) is 12.2. The Morgan fingerprint density at radius 3 is 2.37 bits per heavy atom. The molecular formula is C19H20F2N2O3S. The topological polar surface area (TPSA) is 66.5 Å². The first-order valence-corrected chi connectivity index (χ1v) is 10.1. The van der Waals surface area contributed by atoms with Crippen molar-refractivity contribution < 1.29 is 22.0 Å². The van der Waals surface area contributed by atoms with Crippen molar-refractivity contribution in [1.29, 1.82) is 0 Å². The highest BCUT2D eigenvalue weighted by Crippen LogP contribution is 2.21. The van der Waals surface area contributed by atoms with Gasteiger partial charge in [-0.2, -0.15) is 4.31 Å². The molecule has 0 saturated carbocycles. The molecule has 1 aliphatic rings. The number of benzene rings is 2. The summed E-state index contributed by atoms with van der Waals surface area (Å²) in [6.07, 6.45) is 2.19. The fourth-order valence-corrected chi connectivity index (χ4v) is 4.51. The molecule has 8 heteroatoms. The molecule has 2 aromatic rings. The average Bonchev–Trinajstić information content (AvgIpc) is 3.19. The van der Waals surface area contributed by atoms with Gasteiger partial charge in [0.15, 0.2) is 0 Å². The lowest BCUT2D eigenvalue weighted by Crippen LogP contribution is -2.28. The minimum absolute atomic E-state index is 0.215. The van der Waals surface area contributed by atoms with Gasteiger partial charge in [0.1, 0.15) is 11.6 Å². The van der Waals surface area contributed by atoms with Crippen molar-refractivity contribution in [1.82, 2.24) is 9.62 Å². The summed E-state index contributed by atoms with van der Waals surface area (Å²) >= 11 is 0. The van der Waals surface area contributed by atoms with E-state index in [1.165, 1.54) is 4.31 Å². The second-order valence-electron chi connectivity index (χ2n) is 6.39. The lowest BCUT2D eigenvalue weighted by Gasteiger charge is -2.15. The molecule has 0 bridgehead atoms.